The fourth-order valence-electron chi connectivity index (χ4n) is 17.2. The number of aromatic carboxylic acids is 1. The quantitative estimate of drug-likeness (QED) is 0.0936. The topological polar surface area (TPSA) is 137 Å². The van der Waals surface area contributed by atoms with Gasteiger partial charge >= 0.3 is 5.97 Å². The van der Waals surface area contributed by atoms with Gasteiger partial charge < -0.3 is 14.2 Å². The van der Waals surface area contributed by atoms with Crippen LogP contribution in [0.2, 0.25) is 0 Å². The van der Waals surface area contributed by atoms with Crippen LogP contribution in [0.5, 0.6) is 0 Å². The number of rotatable bonds is 12. The van der Waals surface area contributed by atoms with Crippen LogP contribution in [0.15, 0.2) is 425 Å². The van der Waals surface area contributed by atoms with Crippen molar-refractivity contribution in [2.45, 2.75) is 5.41 Å². The molecule has 1 aliphatic rings. The van der Waals surface area contributed by atoms with E-state index in [9.17, 15) is 13.6 Å². The van der Waals surface area contributed by atoms with Crippen LogP contribution in [-0.2, 0) is 25.5 Å². The number of nitrogens with zero attached hydrogens (tertiary/aromatic N) is 9. The molecule has 0 spiro atoms. The molecule has 5 aromatic heterocycles. The SMILES string of the molecule is Fc1c[c-]c(-c2[c-]cccc2)c(F)c1.O=C(O)c1ccccn1.[Ir].c1ccc(-c2nc(-c3ccccc3)nc(-c3cccc(-n4c5c(c6ccccc64)C(c4ccccc4)(c4ccccc4)c4ccccc4-5)c3)n2)cc1.c1ccc(-c2nc(-c3ccccc3)nc(-c3cccc(-n4c5ccccc5c5cc6c7ccccc7c7ccccc7c6cc54)c3)n2)cc1. The van der Waals surface area contributed by atoms with E-state index in [1.807, 2.05) is 121 Å². The van der Waals surface area contributed by atoms with Crippen LogP contribution in [-0.4, -0.2) is 55.1 Å². The van der Waals surface area contributed by atoms with E-state index in [0.29, 0.717) is 40.5 Å². The van der Waals surface area contributed by atoms with Crippen LogP contribution < -0.4 is 0 Å². The van der Waals surface area contributed by atoms with Gasteiger partial charge in [0, 0.05) is 104 Å². The molecule has 0 unspecified atom stereocenters. The first-order chi connectivity index (χ1) is 61.2. The molecule has 0 amide bonds. The number of fused-ring (bicyclic) bond motifs is 14. The van der Waals surface area contributed by atoms with Crippen molar-refractivity contribution in [3.63, 3.8) is 0 Å². The molecule has 5 heterocycles. The van der Waals surface area contributed by atoms with Gasteiger partial charge in [0.05, 0.1) is 27.7 Å². The zero-order chi connectivity index (χ0) is 83.5. The maximum absolute atomic E-state index is 13.2. The molecular formula is C111H71F2IrN9O2-2. The number of carbonyl (C=O) groups is 1. The molecule has 0 bridgehead atoms. The van der Waals surface area contributed by atoms with E-state index >= 15 is 0 Å². The first-order valence-electron chi connectivity index (χ1n) is 40.7. The van der Waals surface area contributed by atoms with Gasteiger partial charge in [0.25, 0.3) is 0 Å². The first kappa shape index (κ1) is 78.8. The molecule has 0 atom stereocenters. The normalized spacial score (nSPS) is 11.7. The summed E-state index contributed by atoms with van der Waals surface area (Å²) in [5.74, 6) is 1.63. The minimum absolute atomic E-state index is 0. The van der Waals surface area contributed by atoms with Crippen molar-refractivity contribution in [1.29, 1.82) is 0 Å². The minimum Gasteiger partial charge on any atom is -0.477 e. The third-order valence-electron chi connectivity index (χ3n) is 22.6. The molecule has 1 N–H and O–H groups in total. The minimum atomic E-state index is -0.990. The van der Waals surface area contributed by atoms with Crippen LogP contribution in [0.25, 0.3) is 167 Å². The fourth-order valence-corrected chi connectivity index (χ4v) is 17.2. The number of carboxylic acids is 1. The Balaban J connectivity index is 0.000000130. The maximum Gasteiger partial charge on any atom is 0.354 e. The van der Waals surface area contributed by atoms with E-state index in [2.05, 4.69) is 269 Å². The average molecular weight is 1790 g/mol. The van der Waals surface area contributed by atoms with Gasteiger partial charge in [-0.05, 0) is 115 Å². The average Bonchev–Trinajstić information content (AvgIpc) is 1.51. The van der Waals surface area contributed by atoms with E-state index in [0.717, 1.165) is 73.4 Å². The van der Waals surface area contributed by atoms with Gasteiger partial charge in [0.1, 0.15) is 5.69 Å². The molecule has 0 aliphatic heterocycles. The Morgan fingerprint density at radius 3 is 1.19 bits per heavy atom. The van der Waals surface area contributed by atoms with Crippen molar-refractivity contribution in [3.8, 4) is 102 Å². The van der Waals surface area contributed by atoms with Crippen LogP contribution in [0.3, 0.4) is 0 Å². The molecule has 125 heavy (non-hydrogen) atoms. The largest absolute Gasteiger partial charge is 0.477 e. The van der Waals surface area contributed by atoms with Crippen LogP contribution in [0.1, 0.15) is 32.7 Å². The molecule has 22 aromatic rings. The van der Waals surface area contributed by atoms with Gasteiger partial charge in [-0.2, -0.15) is 35.9 Å². The Kier molecular flexibility index (Phi) is 21.8. The predicted molar refractivity (Wildman–Crippen MR) is 494 cm³/mol. The van der Waals surface area contributed by atoms with Crippen LogP contribution in [0, 0.1) is 23.8 Å². The Hall–Kier alpha value is -16.0. The van der Waals surface area contributed by atoms with Crippen LogP contribution >= 0.6 is 0 Å². The van der Waals surface area contributed by atoms with E-state index in [1.54, 1.807) is 36.4 Å². The maximum atomic E-state index is 13.2. The molecule has 597 valence electrons. The van der Waals surface area contributed by atoms with Gasteiger partial charge in [-0.15, -0.1) is 12.1 Å². The Morgan fingerprint density at radius 1 is 0.328 bits per heavy atom. The molecule has 23 rings (SSSR count). The second-order valence-corrected chi connectivity index (χ2v) is 30.0. The number of carboxylic acid groups (broad SMARTS) is 1. The van der Waals surface area contributed by atoms with E-state index in [1.165, 1.54) is 94.3 Å². The number of hydrogen-bond donors (Lipinski definition) is 1. The molecule has 0 saturated carbocycles. The number of halogens is 2. The van der Waals surface area contributed by atoms with E-state index in [-0.39, 0.29) is 31.4 Å². The first-order valence-corrected chi connectivity index (χ1v) is 40.7. The molecule has 0 saturated heterocycles. The summed E-state index contributed by atoms with van der Waals surface area (Å²) in [6.07, 6.45) is 1.45. The summed E-state index contributed by atoms with van der Waals surface area (Å²) >= 11 is 0. The standard InChI is InChI=1S/C48H32N4.C45H28N4.C12H6F2.C6H5NO2.Ir/c1-5-18-33(19-6-1)45-49-46(34-20-7-2-8-21-34)51-47(50-45)35-22-17-27-38(32-35)52-42-31-16-14-29-40(42)43-44(52)39-28-13-15-30-41(39)48(43,36-23-9-3-10-24-36)37-25-11-4-12-26-37;1-3-14-29(15-4-1)43-46-44(30-16-5-2-6-17-30)48-45(47-43)31-18-13-19-32(26-31)49-41-25-12-11-24-37(41)40-27-38-35-22-9-7-20-33(35)34-21-8-10-23-36(34)39(38)28-42(40)49;13-10-6-7-11(12(14)8-10)9-4-2-1-3-5-9;8-6(9)5-3-1-2-4-7-5;/h1-32H;1-28H;1-4,6,8H;1-4H,(H,8,9);/q;;-2;;. The molecule has 0 fully saturated rings. The second-order valence-electron chi connectivity index (χ2n) is 30.0. The Morgan fingerprint density at radius 2 is 0.728 bits per heavy atom. The molecule has 11 nitrogen and oxygen atoms in total. The number of hydrogen-bond acceptors (Lipinski definition) is 8. The summed E-state index contributed by atoms with van der Waals surface area (Å²) in [6, 6.07) is 147. The summed E-state index contributed by atoms with van der Waals surface area (Å²) < 4.78 is 30.7. The van der Waals surface area contributed by atoms with Crippen molar-refractivity contribution in [3.05, 3.63) is 476 Å². The number of para-hydroxylation sites is 2. The molecule has 14 heteroatoms. The van der Waals surface area contributed by atoms with Crippen molar-refractivity contribution in [1.82, 2.24) is 44.0 Å². The third-order valence-corrected chi connectivity index (χ3v) is 22.6. The smallest absolute Gasteiger partial charge is 0.354 e. The fraction of sp³-hybridized carbons (Fsp3) is 0.00901. The van der Waals surface area contributed by atoms with Crippen LogP contribution in [0.4, 0.5) is 8.78 Å². The summed E-state index contributed by atoms with van der Waals surface area (Å²) in [5, 5.41) is 19.6. The van der Waals surface area contributed by atoms with Crippen molar-refractivity contribution in [2.24, 2.45) is 0 Å². The molecule has 17 aromatic carbocycles. The summed E-state index contributed by atoms with van der Waals surface area (Å²) in [4.78, 5) is 43.7. The van der Waals surface area contributed by atoms with Gasteiger partial charge in [0.15, 0.2) is 34.9 Å². The number of pyridine rings is 1. The Labute approximate surface area is 732 Å². The van der Waals surface area contributed by atoms with Gasteiger partial charge in [-0.1, -0.05) is 328 Å². The van der Waals surface area contributed by atoms with Gasteiger partial charge in [-0.25, -0.2) is 45.2 Å². The van der Waals surface area contributed by atoms with E-state index < -0.39 is 23.0 Å². The van der Waals surface area contributed by atoms with Crippen molar-refractivity contribution in [2.75, 3.05) is 0 Å². The summed E-state index contributed by atoms with van der Waals surface area (Å²) in [7, 11) is 0. The van der Waals surface area contributed by atoms with Gasteiger partial charge in [0.2, 0.25) is 0 Å². The molecule has 1 aliphatic carbocycles. The number of aromatic nitrogens is 9. The van der Waals surface area contributed by atoms with Crippen molar-refractivity contribution < 1.29 is 38.8 Å². The zero-order valence-corrected chi connectivity index (χ0v) is 69.3. The zero-order valence-electron chi connectivity index (χ0n) is 66.9. The van der Waals surface area contributed by atoms with Gasteiger partial charge in [-0.3, -0.25) is 8.78 Å². The second kappa shape index (κ2) is 34.6. The summed E-state index contributed by atoms with van der Waals surface area (Å²) in [6.45, 7) is 0. The monoisotopic (exact) mass is 1790 g/mol. The molecular weight excluding hydrogens is 1720 g/mol. The number of benzene rings is 17. The summed E-state index contributed by atoms with van der Waals surface area (Å²) in [5.41, 5.74) is 19.1. The predicted octanol–water partition coefficient (Wildman–Crippen LogP) is 26.6. The molecule has 1 radical (unpaired) electrons. The Bertz CT molecular complexity index is 7570. The van der Waals surface area contributed by atoms with Crippen molar-refractivity contribution >= 4 is 71.0 Å². The third kappa shape index (κ3) is 15.0. The van der Waals surface area contributed by atoms with E-state index in [4.69, 9.17) is 35.0 Å².